The van der Waals surface area contributed by atoms with Gasteiger partial charge >= 0.3 is 0 Å². The molecule has 200 valence electrons. The first-order chi connectivity index (χ1) is 18.3. The van der Waals surface area contributed by atoms with E-state index in [1.807, 2.05) is 55.1 Å². The van der Waals surface area contributed by atoms with Crippen molar-refractivity contribution in [1.82, 2.24) is 10.2 Å². The lowest BCUT2D eigenvalue weighted by molar-refractivity contribution is -0.128. The van der Waals surface area contributed by atoms with E-state index >= 15 is 0 Å². The number of carbonyl (C=O) groups excluding carboxylic acids is 2. The molecule has 1 saturated heterocycles. The van der Waals surface area contributed by atoms with Crippen molar-refractivity contribution in [1.29, 1.82) is 0 Å². The highest BCUT2D eigenvalue weighted by atomic mass is 32.2. The number of anilines is 1. The molecule has 0 unspecified atom stereocenters. The number of rotatable bonds is 11. The van der Waals surface area contributed by atoms with Gasteiger partial charge in [-0.2, -0.15) is 0 Å². The number of hydrogen-bond donors (Lipinski definition) is 1. The number of benzene rings is 3. The minimum Gasteiger partial charge on any atom is -0.494 e. The Morgan fingerprint density at radius 3 is 2.24 bits per heavy atom. The highest BCUT2D eigenvalue weighted by molar-refractivity contribution is 7.92. The Kier molecular flexibility index (Phi) is 8.68. The average molecular weight is 536 g/mol. The van der Waals surface area contributed by atoms with E-state index in [2.05, 4.69) is 5.32 Å². The van der Waals surface area contributed by atoms with Gasteiger partial charge in [0.2, 0.25) is 11.8 Å². The molecule has 3 aromatic rings. The molecule has 1 heterocycles. The Hall–Kier alpha value is -3.85. The van der Waals surface area contributed by atoms with Gasteiger partial charge in [0, 0.05) is 26.1 Å². The highest BCUT2D eigenvalue weighted by Gasteiger charge is 2.27. The number of hydrogen-bond acceptors (Lipinski definition) is 5. The van der Waals surface area contributed by atoms with Crippen LogP contribution < -0.4 is 14.4 Å². The van der Waals surface area contributed by atoms with Crippen LogP contribution in [0.15, 0.2) is 77.7 Å². The zero-order valence-electron chi connectivity index (χ0n) is 21.7. The number of nitrogens with zero attached hydrogens (tertiary/aromatic N) is 2. The first-order valence-electron chi connectivity index (χ1n) is 12.7. The molecule has 0 bridgehead atoms. The van der Waals surface area contributed by atoms with Crippen LogP contribution in [0, 0.1) is 6.92 Å². The summed E-state index contributed by atoms with van der Waals surface area (Å²) < 4.78 is 33.7. The molecule has 0 radical (unpaired) electrons. The van der Waals surface area contributed by atoms with Gasteiger partial charge in [0.1, 0.15) is 12.3 Å². The van der Waals surface area contributed by atoms with Gasteiger partial charge in [-0.3, -0.25) is 13.9 Å². The maximum Gasteiger partial charge on any atom is 0.264 e. The van der Waals surface area contributed by atoms with Crippen LogP contribution in [0.3, 0.4) is 0 Å². The first-order valence-corrected chi connectivity index (χ1v) is 14.1. The molecule has 1 fully saturated rings. The second-order valence-electron chi connectivity index (χ2n) is 9.26. The van der Waals surface area contributed by atoms with Crippen LogP contribution in [0.4, 0.5) is 5.69 Å². The van der Waals surface area contributed by atoms with Crippen molar-refractivity contribution in [2.75, 3.05) is 24.0 Å². The molecule has 0 aliphatic carbocycles. The largest absolute Gasteiger partial charge is 0.494 e. The molecule has 2 amide bonds. The number of ether oxygens (including phenoxy) is 1. The molecule has 0 aromatic heterocycles. The van der Waals surface area contributed by atoms with Crippen molar-refractivity contribution < 1.29 is 22.7 Å². The lowest BCUT2D eigenvalue weighted by Crippen LogP contribution is -2.40. The molecule has 38 heavy (non-hydrogen) atoms. The van der Waals surface area contributed by atoms with Gasteiger partial charge in [0.15, 0.2) is 0 Å². The van der Waals surface area contributed by atoms with Gasteiger partial charge in [-0.1, -0.05) is 42.0 Å². The van der Waals surface area contributed by atoms with E-state index in [0.29, 0.717) is 31.0 Å². The molecule has 0 saturated carbocycles. The number of carbonyl (C=O) groups is 2. The fourth-order valence-electron chi connectivity index (χ4n) is 4.27. The third-order valence-corrected chi connectivity index (χ3v) is 8.18. The van der Waals surface area contributed by atoms with Crippen molar-refractivity contribution in [2.45, 2.75) is 44.7 Å². The maximum absolute atomic E-state index is 13.6. The summed E-state index contributed by atoms with van der Waals surface area (Å²) in [5.41, 5.74) is 3.29. The molecule has 8 nitrogen and oxygen atoms in total. The average Bonchev–Trinajstić information content (AvgIpc) is 3.32. The number of aryl methyl sites for hydroxylation is 1. The molecule has 4 rings (SSSR count). The van der Waals surface area contributed by atoms with Gasteiger partial charge in [0.25, 0.3) is 10.0 Å². The smallest absolute Gasteiger partial charge is 0.264 e. The van der Waals surface area contributed by atoms with Gasteiger partial charge in [-0.25, -0.2) is 8.42 Å². The predicted octanol–water partition coefficient (Wildman–Crippen LogP) is 4.03. The predicted molar refractivity (Wildman–Crippen MR) is 146 cm³/mol. The zero-order chi connectivity index (χ0) is 27.1. The van der Waals surface area contributed by atoms with Crippen molar-refractivity contribution in [3.63, 3.8) is 0 Å². The lowest BCUT2D eigenvalue weighted by Gasteiger charge is -2.24. The normalized spacial score (nSPS) is 13.4. The molecule has 1 aliphatic heterocycles. The Bertz CT molecular complexity index is 1350. The summed E-state index contributed by atoms with van der Waals surface area (Å²) in [7, 11) is -4.01. The summed E-state index contributed by atoms with van der Waals surface area (Å²) in [5, 5.41) is 2.83. The van der Waals surface area contributed by atoms with E-state index in [1.54, 1.807) is 24.3 Å². The van der Waals surface area contributed by atoms with Crippen LogP contribution >= 0.6 is 0 Å². The SMILES string of the molecule is CCOc1ccc(S(=O)(=O)N(CC(=O)NCc2ccc(CN3CCCC3=O)cc2)c2ccc(C)cc2)cc1. The minimum atomic E-state index is -4.01. The standard InChI is InChI=1S/C29H33N3O5S/c1-3-37-26-14-16-27(17-15-26)38(35,36)32(25-12-6-22(2)7-13-25)21-28(33)30-19-23-8-10-24(11-9-23)20-31-18-4-5-29(31)34/h6-17H,3-5,18-21H2,1-2H3,(H,30,33). The fourth-order valence-corrected chi connectivity index (χ4v) is 5.69. The fraction of sp³-hybridized carbons (Fsp3) is 0.310. The van der Waals surface area contributed by atoms with Gasteiger partial charge in [0.05, 0.1) is 17.2 Å². The molecule has 3 aromatic carbocycles. The monoisotopic (exact) mass is 535 g/mol. The molecule has 0 atom stereocenters. The molecular weight excluding hydrogens is 502 g/mol. The van der Waals surface area contributed by atoms with E-state index in [9.17, 15) is 18.0 Å². The second kappa shape index (κ2) is 12.1. The van der Waals surface area contributed by atoms with Crippen molar-refractivity contribution in [3.8, 4) is 5.75 Å². The number of likely N-dealkylation sites (tertiary alicyclic amines) is 1. The number of sulfonamides is 1. The summed E-state index contributed by atoms with van der Waals surface area (Å²) in [5.74, 6) is 0.329. The van der Waals surface area contributed by atoms with Gasteiger partial charge in [-0.05, 0) is 67.8 Å². The van der Waals surface area contributed by atoms with Gasteiger partial charge < -0.3 is 15.0 Å². The topological polar surface area (TPSA) is 96.0 Å². The van der Waals surface area contributed by atoms with Crippen molar-refractivity contribution in [2.24, 2.45) is 0 Å². The van der Waals surface area contributed by atoms with E-state index in [-0.39, 0.29) is 23.9 Å². The summed E-state index contributed by atoms with van der Waals surface area (Å²) in [4.78, 5) is 26.7. The van der Waals surface area contributed by atoms with Crippen LogP contribution in [-0.4, -0.2) is 44.8 Å². The van der Waals surface area contributed by atoms with Gasteiger partial charge in [-0.15, -0.1) is 0 Å². The molecular formula is C29H33N3O5S. The Balaban J connectivity index is 1.44. The van der Waals surface area contributed by atoms with Crippen molar-refractivity contribution >= 4 is 27.5 Å². The van der Waals surface area contributed by atoms with Crippen LogP contribution in [-0.2, 0) is 32.7 Å². The first kappa shape index (κ1) is 27.2. The summed E-state index contributed by atoms with van der Waals surface area (Å²) in [6.45, 7) is 5.50. The van der Waals surface area contributed by atoms with Crippen LogP contribution in [0.1, 0.15) is 36.5 Å². The summed E-state index contributed by atoms with van der Waals surface area (Å²) in [6, 6.07) is 20.9. The summed E-state index contributed by atoms with van der Waals surface area (Å²) >= 11 is 0. The maximum atomic E-state index is 13.6. The summed E-state index contributed by atoms with van der Waals surface area (Å²) in [6.07, 6.45) is 1.51. The molecule has 9 heteroatoms. The third kappa shape index (κ3) is 6.72. The molecule has 1 N–H and O–H groups in total. The third-order valence-electron chi connectivity index (χ3n) is 6.39. The molecule has 1 aliphatic rings. The van der Waals surface area contributed by atoms with Crippen LogP contribution in [0.25, 0.3) is 0 Å². The second-order valence-corrected chi connectivity index (χ2v) is 11.1. The van der Waals surface area contributed by atoms with Crippen LogP contribution in [0.5, 0.6) is 5.75 Å². The Morgan fingerprint density at radius 1 is 0.974 bits per heavy atom. The van der Waals surface area contributed by atoms with Crippen molar-refractivity contribution in [3.05, 3.63) is 89.5 Å². The van der Waals surface area contributed by atoms with E-state index in [4.69, 9.17) is 4.74 Å². The minimum absolute atomic E-state index is 0.0707. The molecule has 0 spiro atoms. The number of amides is 2. The zero-order valence-corrected chi connectivity index (χ0v) is 22.5. The Labute approximate surface area is 224 Å². The van der Waals surface area contributed by atoms with Crippen LogP contribution in [0.2, 0.25) is 0 Å². The highest BCUT2D eigenvalue weighted by Crippen LogP contribution is 2.25. The van der Waals surface area contributed by atoms with E-state index < -0.39 is 15.9 Å². The quantitative estimate of drug-likeness (QED) is 0.400. The van der Waals surface area contributed by atoms with E-state index in [0.717, 1.165) is 34.0 Å². The lowest BCUT2D eigenvalue weighted by atomic mass is 10.1. The Morgan fingerprint density at radius 2 is 1.63 bits per heavy atom. The number of nitrogens with one attached hydrogen (secondary N) is 1. The van der Waals surface area contributed by atoms with E-state index in [1.165, 1.54) is 12.1 Å².